The predicted octanol–water partition coefficient (Wildman–Crippen LogP) is 2.86. The normalized spacial score (nSPS) is 10.2. The van der Waals surface area contributed by atoms with Gasteiger partial charge in [0.2, 0.25) is 5.91 Å². The van der Waals surface area contributed by atoms with Gasteiger partial charge in [0.25, 0.3) is 11.6 Å². The summed E-state index contributed by atoms with van der Waals surface area (Å²) in [6.45, 7) is 1.66. The van der Waals surface area contributed by atoms with E-state index in [1.165, 1.54) is 18.2 Å². The fourth-order valence-electron chi connectivity index (χ4n) is 2.03. The molecule has 0 aliphatic heterocycles. The van der Waals surface area contributed by atoms with Gasteiger partial charge in [-0.3, -0.25) is 19.7 Å². The zero-order valence-corrected chi connectivity index (χ0v) is 14.2. The number of nitrogens with zero attached hydrogens (tertiary/aromatic N) is 1. The predicted molar refractivity (Wildman–Crippen MR) is 93.5 cm³/mol. The summed E-state index contributed by atoms with van der Waals surface area (Å²) in [5, 5.41) is 13.5. The summed E-state index contributed by atoms with van der Waals surface area (Å²) in [5.41, 5.74) is 6.55. The minimum absolute atomic E-state index is 0.168. The molecule has 0 aromatic heterocycles. The van der Waals surface area contributed by atoms with Crippen LogP contribution in [-0.2, 0) is 0 Å². The first-order valence-electron chi connectivity index (χ1n) is 6.46. The van der Waals surface area contributed by atoms with E-state index in [0.29, 0.717) is 20.4 Å². The maximum Gasteiger partial charge on any atom is 0.270 e. The van der Waals surface area contributed by atoms with Crippen LogP contribution in [0.3, 0.4) is 0 Å². The quantitative estimate of drug-likeness (QED) is 0.445. The van der Waals surface area contributed by atoms with Gasteiger partial charge >= 0.3 is 0 Å². The van der Waals surface area contributed by atoms with Crippen LogP contribution in [0, 0.1) is 20.6 Å². The van der Waals surface area contributed by atoms with Crippen LogP contribution in [0.25, 0.3) is 0 Å². The lowest BCUT2D eigenvalue weighted by Crippen LogP contribution is -2.17. The number of benzene rings is 2. The smallest absolute Gasteiger partial charge is 0.270 e. The van der Waals surface area contributed by atoms with Crippen molar-refractivity contribution < 1.29 is 14.5 Å². The Hall–Kier alpha value is -2.49. The van der Waals surface area contributed by atoms with E-state index >= 15 is 0 Å². The summed E-state index contributed by atoms with van der Waals surface area (Å²) >= 11 is 1.93. The topological polar surface area (TPSA) is 115 Å². The fourth-order valence-corrected chi connectivity index (χ4v) is 2.61. The van der Waals surface area contributed by atoms with Crippen molar-refractivity contribution in [3.8, 4) is 0 Å². The summed E-state index contributed by atoms with van der Waals surface area (Å²) in [6.07, 6.45) is 0. The Balaban J connectivity index is 2.37. The van der Waals surface area contributed by atoms with Gasteiger partial charge < -0.3 is 11.1 Å². The first-order valence-corrected chi connectivity index (χ1v) is 7.54. The van der Waals surface area contributed by atoms with Crippen LogP contribution < -0.4 is 11.1 Å². The number of amides is 2. The van der Waals surface area contributed by atoms with Crippen LogP contribution in [0.15, 0.2) is 36.4 Å². The van der Waals surface area contributed by atoms with Crippen molar-refractivity contribution in [2.75, 3.05) is 5.32 Å². The summed E-state index contributed by atoms with van der Waals surface area (Å²) < 4.78 is 0.578. The first-order chi connectivity index (χ1) is 10.8. The lowest BCUT2D eigenvalue weighted by Gasteiger charge is -2.11. The molecule has 0 atom stereocenters. The highest BCUT2D eigenvalue weighted by Crippen LogP contribution is 2.23. The molecule has 2 aromatic rings. The molecule has 0 aliphatic carbocycles. The molecular formula is C15H12IN3O4. The zero-order chi connectivity index (χ0) is 17.1. The maximum atomic E-state index is 12.4. The number of hydrogen-bond donors (Lipinski definition) is 2. The average Bonchev–Trinajstić information content (AvgIpc) is 2.49. The lowest BCUT2D eigenvalue weighted by atomic mass is 10.1. The third-order valence-electron chi connectivity index (χ3n) is 3.25. The molecule has 0 spiro atoms. The minimum atomic E-state index is -0.594. The van der Waals surface area contributed by atoms with Crippen molar-refractivity contribution in [2.24, 2.45) is 5.73 Å². The molecular weight excluding hydrogens is 413 g/mol. The number of primary amides is 1. The average molecular weight is 425 g/mol. The largest absolute Gasteiger partial charge is 0.366 e. The van der Waals surface area contributed by atoms with E-state index in [1.54, 1.807) is 25.1 Å². The molecule has 0 saturated carbocycles. The fraction of sp³-hybridized carbons (Fsp3) is 0.0667. The molecule has 118 valence electrons. The van der Waals surface area contributed by atoms with E-state index in [0.717, 1.165) is 0 Å². The van der Waals surface area contributed by atoms with Gasteiger partial charge in [0.05, 0.1) is 10.5 Å². The van der Waals surface area contributed by atoms with E-state index in [-0.39, 0.29) is 11.3 Å². The molecule has 0 saturated heterocycles. The van der Waals surface area contributed by atoms with Crippen molar-refractivity contribution in [3.05, 3.63) is 66.8 Å². The number of non-ortho nitro benzene ring substituents is 1. The molecule has 8 heteroatoms. The SMILES string of the molecule is Cc1c(NC(=O)c2cc([N+](=O)[O-])ccc2I)cccc1C(N)=O. The van der Waals surface area contributed by atoms with E-state index in [4.69, 9.17) is 5.73 Å². The van der Waals surface area contributed by atoms with E-state index in [1.807, 2.05) is 22.6 Å². The molecule has 7 nitrogen and oxygen atoms in total. The number of nitrogens with two attached hydrogens (primary N) is 1. The summed E-state index contributed by atoms with van der Waals surface area (Å²) in [4.78, 5) is 34.0. The minimum Gasteiger partial charge on any atom is -0.366 e. The monoisotopic (exact) mass is 425 g/mol. The Morgan fingerprint density at radius 2 is 1.91 bits per heavy atom. The highest BCUT2D eigenvalue weighted by atomic mass is 127. The van der Waals surface area contributed by atoms with Gasteiger partial charge in [-0.1, -0.05) is 6.07 Å². The molecule has 3 N–H and O–H groups in total. The van der Waals surface area contributed by atoms with Crippen LogP contribution in [0.5, 0.6) is 0 Å². The third-order valence-corrected chi connectivity index (χ3v) is 4.19. The molecule has 0 aliphatic rings. The summed E-state index contributed by atoms with van der Waals surface area (Å²) in [6, 6.07) is 8.83. The number of nitro benzene ring substituents is 1. The molecule has 2 rings (SSSR count). The van der Waals surface area contributed by atoms with E-state index < -0.39 is 16.7 Å². The van der Waals surface area contributed by atoms with E-state index in [2.05, 4.69) is 5.32 Å². The van der Waals surface area contributed by atoms with Gasteiger partial charge in [-0.15, -0.1) is 0 Å². The zero-order valence-electron chi connectivity index (χ0n) is 12.0. The molecule has 2 aromatic carbocycles. The van der Waals surface area contributed by atoms with Crippen molar-refractivity contribution in [1.29, 1.82) is 0 Å². The molecule has 0 unspecified atom stereocenters. The van der Waals surface area contributed by atoms with Crippen molar-refractivity contribution >= 4 is 45.8 Å². The molecule has 0 radical (unpaired) electrons. The second-order valence-corrected chi connectivity index (χ2v) is 5.88. The lowest BCUT2D eigenvalue weighted by molar-refractivity contribution is -0.384. The van der Waals surface area contributed by atoms with Crippen LogP contribution in [0.4, 0.5) is 11.4 Å². The number of anilines is 1. The number of carbonyl (C=O) groups excluding carboxylic acids is 2. The Morgan fingerprint density at radius 1 is 1.22 bits per heavy atom. The molecule has 23 heavy (non-hydrogen) atoms. The third kappa shape index (κ3) is 3.65. The highest BCUT2D eigenvalue weighted by molar-refractivity contribution is 14.1. The number of carbonyl (C=O) groups is 2. The van der Waals surface area contributed by atoms with Gasteiger partial charge in [-0.25, -0.2) is 0 Å². The second-order valence-electron chi connectivity index (χ2n) is 4.72. The van der Waals surface area contributed by atoms with Crippen LogP contribution in [-0.4, -0.2) is 16.7 Å². The number of nitro groups is 1. The van der Waals surface area contributed by atoms with Gasteiger partial charge in [-0.05, 0) is 53.3 Å². The molecule has 0 heterocycles. The highest BCUT2D eigenvalue weighted by Gasteiger charge is 2.17. The Bertz CT molecular complexity index is 820. The van der Waals surface area contributed by atoms with Gasteiger partial charge in [-0.2, -0.15) is 0 Å². The van der Waals surface area contributed by atoms with Gasteiger partial charge in [0.1, 0.15) is 0 Å². The van der Waals surface area contributed by atoms with E-state index in [9.17, 15) is 19.7 Å². The summed E-state index contributed by atoms with van der Waals surface area (Å²) in [7, 11) is 0. The van der Waals surface area contributed by atoms with Crippen molar-refractivity contribution in [3.63, 3.8) is 0 Å². The molecule has 0 fully saturated rings. The standard InChI is InChI=1S/C15H12IN3O4/c1-8-10(14(17)20)3-2-4-13(8)18-15(21)11-7-9(19(22)23)5-6-12(11)16/h2-7H,1H3,(H2,17,20)(H,18,21). The number of halogens is 1. The van der Waals surface area contributed by atoms with Crippen LogP contribution >= 0.6 is 22.6 Å². The Labute approximate surface area is 145 Å². The Kier molecular flexibility index (Phi) is 4.94. The van der Waals surface area contributed by atoms with Crippen LogP contribution in [0.1, 0.15) is 26.3 Å². The van der Waals surface area contributed by atoms with Gasteiger partial charge in [0, 0.05) is 27.0 Å². The van der Waals surface area contributed by atoms with Crippen LogP contribution in [0.2, 0.25) is 0 Å². The number of hydrogen-bond acceptors (Lipinski definition) is 4. The van der Waals surface area contributed by atoms with Gasteiger partial charge in [0.15, 0.2) is 0 Å². The van der Waals surface area contributed by atoms with Crippen molar-refractivity contribution in [2.45, 2.75) is 6.92 Å². The maximum absolute atomic E-state index is 12.4. The molecule has 0 bridgehead atoms. The summed E-state index contributed by atoms with van der Waals surface area (Å²) in [5.74, 6) is -1.09. The van der Waals surface area contributed by atoms with Crippen molar-refractivity contribution in [1.82, 2.24) is 0 Å². The molecule has 2 amide bonds. The second kappa shape index (κ2) is 6.73. The first kappa shape index (κ1) is 16.9. The number of nitrogens with one attached hydrogen (secondary N) is 1. The Morgan fingerprint density at radius 3 is 2.52 bits per heavy atom. The number of rotatable bonds is 4.